The van der Waals surface area contributed by atoms with Gasteiger partial charge in [0.05, 0.1) is 0 Å². The number of hydrogen-bond acceptors (Lipinski definition) is 2. The predicted molar refractivity (Wildman–Crippen MR) is 91.8 cm³/mol. The van der Waals surface area contributed by atoms with Crippen LogP contribution >= 0.6 is 38.5 Å². The molecule has 2 atom stereocenters. The Morgan fingerprint density at radius 2 is 1.70 bits per heavy atom. The maximum Gasteiger partial charge on any atom is 0.324 e. The molecule has 0 aliphatic carbocycles. The maximum atomic E-state index is 12.2. The van der Waals surface area contributed by atoms with Crippen LogP contribution in [0.25, 0.3) is 0 Å². The lowest BCUT2D eigenvalue weighted by molar-refractivity contribution is -0.147. The molecule has 2 aromatic rings. The highest BCUT2D eigenvalue weighted by atomic mass is 127. The third kappa shape index (κ3) is 3.82. The summed E-state index contributed by atoms with van der Waals surface area (Å²) in [5, 5.41) is 0. The molecule has 4 heteroatoms. The Balaban J connectivity index is 2.07. The Hall–Kier alpha value is -0.880. The van der Waals surface area contributed by atoms with E-state index in [1.165, 1.54) is 0 Å². The molecule has 2 aromatic carbocycles. The van der Waals surface area contributed by atoms with Crippen molar-refractivity contribution in [2.75, 3.05) is 0 Å². The van der Waals surface area contributed by atoms with E-state index in [0.717, 1.165) is 14.7 Å². The monoisotopic (exact) mass is 444 g/mol. The van der Waals surface area contributed by atoms with Crippen LogP contribution in [-0.2, 0) is 9.53 Å². The van der Waals surface area contributed by atoms with E-state index in [9.17, 15) is 4.79 Å². The van der Waals surface area contributed by atoms with Gasteiger partial charge in [0.15, 0.2) is 0 Å². The predicted octanol–water partition coefficient (Wildman–Crippen LogP) is 5.03. The first-order valence-corrected chi connectivity index (χ1v) is 8.23. The molecule has 0 aromatic heterocycles. The third-order valence-electron chi connectivity index (χ3n) is 2.94. The van der Waals surface area contributed by atoms with Crippen molar-refractivity contribution in [1.82, 2.24) is 0 Å². The van der Waals surface area contributed by atoms with Crippen LogP contribution in [0.1, 0.15) is 29.0 Å². The van der Waals surface area contributed by atoms with Crippen molar-refractivity contribution < 1.29 is 9.53 Å². The molecule has 2 rings (SSSR count). The normalized spacial score (nSPS) is 13.6. The molecule has 0 bridgehead atoms. The highest BCUT2D eigenvalue weighted by Crippen LogP contribution is 2.28. The van der Waals surface area contributed by atoms with Gasteiger partial charge in [0.2, 0.25) is 0 Å². The number of alkyl halides is 1. The minimum atomic E-state index is -0.437. The van der Waals surface area contributed by atoms with Crippen LogP contribution in [0.15, 0.2) is 54.6 Å². The second-order valence-corrected chi connectivity index (χ2v) is 6.45. The fraction of sp³-hybridized carbons (Fsp3) is 0.188. The molecular formula is C16H14BrIO2. The second kappa shape index (κ2) is 7.22. The number of ether oxygens (including phenoxy) is 1. The highest BCUT2D eigenvalue weighted by molar-refractivity contribution is 14.1. The Morgan fingerprint density at radius 1 is 1.10 bits per heavy atom. The van der Waals surface area contributed by atoms with E-state index in [1.807, 2.05) is 61.5 Å². The van der Waals surface area contributed by atoms with Gasteiger partial charge in [-0.25, -0.2) is 0 Å². The Kier molecular flexibility index (Phi) is 5.60. The van der Waals surface area contributed by atoms with Gasteiger partial charge in [-0.3, -0.25) is 4.79 Å². The van der Waals surface area contributed by atoms with Crippen molar-refractivity contribution >= 4 is 44.5 Å². The zero-order valence-corrected chi connectivity index (χ0v) is 14.7. The van der Waals surface area contributed by atoms with Gasteiger partial charge < -0.3 is 4.74 Å². The van der Waals surface area contributed by atoms with Gasteiger partial charge in [0.25, 0.3) is 0 Å². The first kappa shape index (κ1) is 15.5. The fourth-order valence-corrected chi connectivity index (χ4v) is 3.10. The molecule has 0 amide bonds. The van der Waals surface area contributed by atoms with Gasteiger partial charge in [-0.05, 0) is 41.1 Å². The maximum absolute atomic E-state index is 12.2. The average Bonchev–Trinajstić information content (AvgIpc) is 2.47. The number of rotatable bonds is 4. The Labute approximate surface area is 140 Å². The number of hydrogen-bond donors (Lipinski definition) is 0. The van der Waals surface area contributed by atoms with Gasteiger partial charge >= 0.3 is 5.97 Å². The summed E-state index contributed by atoms with van der Waals surface area (Å²) in [6, 6.07) is 17.4. The molecule has 2 nitrogen and oxygen atoms in total. The lowest BCUT2D eigenvalue weighted by Crippen LogP contribution is -2.14. The Bertz CT molecular complexity index is 586. The Morgan fingerprint density at radius 3 is 2.35 bits per heavy atom. The minimum Gasteiger partial charge on any atom is -0.457 e. The van der Waals surface area contributed by atoms with E-state index >= 15 is 0 Å². The number of carbonyl (C=O) groups excluding carboxylic acids is 1. The van der Waals surface area contributed by atoms with Gasteiger partial charge in [-0.1, -0.05) is 64.5 Å². The van der Waals surface area contributed by atoms with Crippen LogP contribution in [0.3, 0.4) is 0 Å². The number of esters is 1. The molecule has 104 valence electrons. The van der Waals surface area contributed by atoms with E-state index in [-0.39, 0.29) is 12.1 Å². The minimum absolute atomic E-state index is 0.264. The molecule has 0 spiro atoms. The van der Waals surface area contributed by atoms with Crippen LogP contribution in [0.4, 0.5) is 0 Å². The van der Waals surface area contributed by atoms with Crippen molar-refractivity contribution in [3.05, 3.63) is 69.3 Å². The summed E-state index contributed by atoms with van der Waals surface area (Å²) in [5.74, 6) is -0.275. The molecule has 0 aliphatic rings. The molecule has 0 saturated carbocycles. The molecule has 0 aliphatic heterocycles. The van der Waals surface area contributed by atoms with Crippen LogP contribution in [0.2, 0.25) is 0 Å². The smallest absolute Gasteiger partial charge is 0.324 e. The molecule has 0 radical (unpaired) electrons. The van der Waals surface area contributed by atoms with Crippen molar-refractivity contribution in [3.63, 3.8) is 0 Å². The molecule has 20 heavy (non-hydrogen) atoms. The van der Waals surface area contributed by atoms with E-state index in [2.05, 4.69) is 38.5 Å². The van der Waals surface area contributed by atoms with Gasteiger partial charge in [0, 0.05) is 9.13 Å². The molecular weight excluding hydrogens is 431 g/mol. The van der Waals surface area contributed by atoms with Gasteiger partial charge in [-0.2, -0.15) is 0 Å². The quantitative estimate of drug-likeness (QED) is 0.375. The van der Waals surface area contributed by atoms with E-state index < -0.39 is 4.83 Å². The van der Waals surface area contributed by atoms with E-state index in [0.29, 0.717) is 0 Å². The number of carbonyl (C=O) groups is 1. The third-order valence-corrected chi connectivity index (χ3v) is 4.82. The van der Waals surface area contributed by atoms with Crippen molar-refractivity contribution in [1.29, 1.82) is 0 Å². The molecule has 0 saturated heterocycles. The summed E-state index contributed by atoms with van der Waals surface area (Å²) in [6.45, 7) is 1.89. The summed E-state index contributed by atoms with van der Waals surface area (Å²) < 4.78 is 6.64. The summed E-state index contributed by atoms with van der Waals surface area (Å²) in [6.07, 6.45) is -0.264. The van der Waals surface area contributed by atoms with Crippen LogP contribution < -0.4 is 0 Å². The average molecular weight is 445 g/mol. The van der Waals surface area contributed by atoms with E-state index in [1.54, 1.807) is 0 Å². The van der Waals surface area contributed by atoms with Crippen molar-refractivity contribution in [2.45, 2.75) is 17.9 Å². The van der Waals surface area contributed by atoms with Crippen molar-refractivity contribution in [3.8, 4) is 0 Å². The number of halogens is 2. The molecule has 0 heterocycles. The first-order valence-electron chi connectivity index (χ1n) is 6.23. The summed E-state index contributed by atoms with van der Waals surface area (Å²) >= 11 is 5.64. The second-order valence-electron chi connectivity index (χ2n) is 4.37. The topological polar surface area (TPSA) is 26.3 Å². The fourth-order valence-electron chi connectivity index (χ4n) is 1.86. The van der Waals surface area contributed by atoms with Gasteiger partial charge in [-0.15, -0.1) is 0 Å². The van der Waals surface area contributed by atoms with Gasteiger partial charge in [0.1, 0.15) is 10.9 Å². The molecule has 2 unspecified atom stereocenters. The largest absolute Gasteiger partial charge is 0.457 e. The van der Waals surface area contributed by atoms with Crippen LogP contribution in [-0.4, -0.2) is 5.97 Å². The highest BCUT2D eigenvalue weighted by Gasteiger charge is 2.22. The molecule has 0 N–H and O–H groups in total. The number of benzene rings is 2. The van der Waals surface area contributed by atoms with E-state index in [4.69, 9.17) is 4.74 Å². The van der Waals surface area contributed by atoms with Crippen LogP contribution in [0.5, 0.6) is 0 Å². The SMILES string of the molecule is CC(OC(=O)C(Br)c1ccccc1)c1ccccc1I. The van der Waals surface area contributed by atoms with Crippen LogP contribution in [0, 0.1) is 3.57 Å². The standard InChI is InChI=1S/C16H14BrIO2/c1-11(13-9-5-6-10-14(13)18)20-16(19)15(17)12-7-3-2-4-8-12/h2-11,15H,1H3. The zero-order valence-electron chi connectivity index (χ0n) is 10.9. The van der Waals surface area contributed by atoms with Crippen molar-refractivity contribution in [2.24, 2.45) is 0 Å². The summed E-state index contributed by atoms with van der Waals surface area (Å²) in [5.41, 5.74) is 1.92. The lowest BCUT2D eigenvalue weighted by Gasteiger charge is -2.17. The zero-order chi connectivity index (χ0) is 14.5. The molecule has 0 fully saturated rings. The lowest BCUT2D eigenvalue weighted by atomic mass is 10.1. The first-order chi connectivity index (χ1) is 9.59. The summed E-state index contributed by atoms with van der Waals surface area (Å²) in [4.78, 5) is 11.7. The summed E-state index contributed by atoms with van der Waals surface area (Å²) in [7, 11) is 0.